The fourth-order valence-electron chi connectivity index (χ4n) is 5.24. The lowest BCUT2D eigenvalue weighted by Gasteiger charge is -2.54. The van der Waals surface area contributed by atoms with Crippen LogP contribution in [0.15, 0.2) is 29.2 Å². The van der Waals surface area contributed by atoms with Crippen molar-refractivity contribution in [1.29, 1.82) is 0 Å². The quantitative estimate of drug-likeness (QED) is 0.828. The predicted molar refractivity (Wildman–Crippen MR) is 85.9 cm³/mol. The Bertz CT molecular complexity index is 439. The molecular formula is C18H25NS. The molecule has 0 heterocycles. The smallest absolute Gasteiger partial charge is 0.0208 e. The zero-order valence-electron chi connectivity index (χ0n) is 12.3. The van der Waals surface area contributed by atoms with Gasteiger partial charge < -0.3 is 5.32 Å². The summed E-state index contributed by atoms with van der Waals surface area (Å²) in [6, 6.07) is 9.88. The maximum atomic E-state index is 3.91. The van der Waals surface area contributed by atoms with Crippen molar-refractivity contribution in [1.82, 2.24) is 5.32 Å². The Hall–Kier alpha value is -0.470. The lowest BCUT2D eigenvalue weighted by Crippen LogP contribution is -2.54. The monoisotopic (exact) mass is 287 g/mol. The van der Waals surface area contributed by atoms with Crippen LogP contribution < -0.4 is 5.32 Å². The van der Waals surface area contributed by atoms with Crippen molar-refractivity contribution >= 4 is 11.8 Å². The van der Waals surface area contributed by atoms with Crippen LogP contribution in [0, 0.1) is 23.7 Å². The van der Waals surface area contributed by atoms with Crippen LogP contribution >= 0.6 is 11.8 Å². The third-order valence-electron chi connectivity index (χ3n) is 5.93. The van der Waals surface area contributed by atoms with E-state index < -0.39 is 0 Å². The first kappa shape index (κ1) is 13.2. The van der Waals surface area contributed by atoms with Crippen LogP contribution in [0.2, 0.25) is 0 Å². The number of hydrogen-bond acceptors (Lipinski definition) is 2. The van der Waals surface area contributed by atoms with Crippen LogP contribution in [0.1, 0.15) is 37.7 Å². The molecule has 20 heavy (non-hydrogen) atoms. The summed E-state index contributed by atoms with van der Waals surface area (Å²) < 4.78 is 0. The number of thioether (sulfide) groups is 1. The van der Waals surface area contributed by atoms with Crippen molar-refractivity contribution in [3.63, 3.8) is 0 Å². The number of hydrogen-bond donors (Lipinski definition) is 1. The molecule has 0 aliphatic heterocycles. The van der Waals surface area contributed by atoms with Crippen LogP contribution in [-0.2, 0) is 6.54 Å². The summed E-state index contributed by atoms with van der Waals surface area (Å²) in [5, 5.41) is 3.91. The Kier molecular flexibility index (Phi) is 3.55. The van der Waals surface area contributed by atoms with Crippen LogP contribution in [0.25, 0.3) is 0 Å². The van der Waals surface area contributed by atoms with Gasteiger partial charge in [-0.25, -0.2) is 0 Å². The third-order valence-corrected chi connectivity index (χ3v) is 6.67. The molecule has 1 N–H and O–H groups in total. The molecule has 4 saturated carbocycles. The third kappa shape index (κ3) is 2.42. The van der Waals surface area contributed by atoms with Gasteiger partial charge in [0.05, 0.1) is 0 Å². The van der Waals surface area contributed by atoms with Crippen LogP contribution in [0.4, 0.5) is 0 Å². The Morgan fingerprint density at radius 1 is 0.950 bits per heavy atom. The van der Waals surface area contributed by atoms with E-state index >= 15 is 0 Å². The molecule has 0 radical (unpaired) electrons. The maximum absolute atomic E-state index is 3.91. The summed E-state index contributed by atoms with van der Waals surface area (Å²) in [4.78, 5) is 1.36. The van der Waals surface area contributed by atoms with Crippen molar-refractivity contribution in [2.75, 3.05) is 6.26 Å². The van der Waals surface area contributed by atoms with E-state index in [0.717, 1.165) is 36.3 Å². The zero-order chi connectivity index (χ0) is 13.5. The van der Waals surface area contributed by atoms with E-state index in [-0.39, 0.29) is 0 Å². The van der Waals surface area contributed by atoms with Gasteiger partial charge in [-0.1, -0.05) is 12.1 Å². The highest BCUT2D eigenvalue weighted by Gasteiger charge is 2.47. The highest BCUT2D eigenvalue weighted by atomic mass is 32.2. The molecule has 0 spiro atoms. The average molecular weight is 287 g/mol. The minimum absolute atomic E-state index is 0.808. The van der Waals surface area contributed by atoms with Crippen molar-refractivity contribution in [3.8, 4) is 0 Å². The molecule has 4 aliphatic rings. The highest BCUT2D eigenvalue weighted by molar-refractivity contribution is 7.98. The van der Waals surface area contributed by atoms with Crippen molar-refractivity contribution in [2.24, 2.45) is 23.7 Å². The molecule has 0 unspecified atom stereocenters. The van der Waals surface area contributed by atoms with Gasteiger partial charge in [-0.15, -0.1) is 11.8 Å². The molecular weight excluding hydrogens is 262 g/mol. The first-order valence-corrected chi connectivity index (χ1v) is 9.40. The second-order valence-electron chi connectivity index (χ2n) is 7.19. The fraction of sp³-hybridized carbons (Fsp3) is 0.667. The van der Waals surface area contributed by atoms with Gasteiger partial charge in [0.15, 0.2) is 0 Å². The van der Waals surface area contributed by atoms with Crippen molar-refractivity contribution < 1.29 is 0 Å². The number of benzene rings is 1. The average Bonchev–Trinajstić information content (AvgIpc) is 2.46. The van der Waals surface area contributed by atoms with E-state index in [1.165, 1.54) is 36.1 Å². The topological polar surface area (TPSA) is 12.0 Å². The second kappa shape index (κ2) is 5.38. The summed E-state index contributed by atoms with van der Waals surface area (Å²) in [7, 11) is 0. The van der Waals surface area contributed by atoms with Gasteiger partial charge in [0.2, 0.25) is 0 Å². The summed E-state index contributed by atoms with van der Waals surface area (Å²) in [6.45, 7) is 1.06. The maximum Gasteiger partial charge on any atom is 0.0208 e. The second-order valence-corrected chi connectivity index (χ2v) is 8.07. The van der Waals surface area contributed by atoms with E-state index in [4.69, 9.17) is 0 Å². The minimum atomic E-state index is 0.808. The summed E-state index contributed by atoms with van der Waals surface area (Å²) in [5.41, 5.74) is 1.44. The highest BCUT2D eigenvalue weighted by Crippen LogP contribution is 2.53. The molecule has 1 aromatic carbocycles. The first-order valence-electron chi connectivity index (χ1n) is 8.18. The summed E-state index contributed by atoms with van der Waals surface area (Å²) in [5.74, 6) is 4.13. The molecule has 1 aromatic rings. The molecule has 0 aromatic heterocycles. The molecule has 2 heteroatoms. The van der Waals surface area contributed by atoms with E-state index in [2.05, 4.69) is 35.8 Å². The van der Waals surface area contributed by atoms with Gasteiger partial charge >= 0.3 is 0 Å². The standard InChI is InChI=1S/C18H25NS/c1-20-17-4-2-12(3-5-17)11-19-18-15-7-13-6-14(9-15)10-16(18)8-13/h2-5,13-16,18-19H,6-11H2,1H3. The number of nitrogens with one attached hydrogen (secondary N) is 1. The summed E-state index contributed by atoms with van der Waals surface area (Å²) in [6.07, 6.45) is 9.73. The van der Waals surface area contributed by atoms with Gasteiger partial charge in [0.25, 0.3) is 0 Å². The number of rotatable bonds is 4. The molecule has 5 rings (SSSR count). The predicted octanol–water partition coefficient (Wildman–Crippen LogP) is 4.32. The van der Waals surface area contributed by atoms with Gasteiger partial charge in [-0.2, -0.15) is 0 Å². The van der Waals surface area contributed by atoms with Crippen LogP contribution in [0.5, 0.6) is 0 Å². The zero-order valence-corrected chi connectivity index (χ0v) is 13.2. The largest absolute Gasteiger partial charge is 0.309 e. The molecule has 4 bridgehead atoms. The Balaban J connectivity index is 1.39. The van der Waals surface area contributed by atoms with Gasteiger partial charge in [-0.05, 0) is 79.7 Å². The van der Waals surface area contributed by atoms with Gasteiger partial charge in [-0.3, -0.25) is 0 Å². The fourth-order valence-corrected chi connectivity index (χ4v) is 5.65. The van der Waals surface area contributed by atoms with E-state index in [9.17, 15) is 0 Å². The van der Waals surface area contributed by atoms with Gasteiger partial charge in [0, 0.05) is 17.5 Å². The van der Waals surface area contributed by atoms with Crippen molar-refractivity contribution in [2.45, 2.75) is 49.6 Å². The molecule has 108 valence electrons. The molecule has 0 saturated heterocycles. The molecule has 4 aliphatic carbocycles. The Morgan fingerprint density at radius 2 is 1.55 bits per heavy atom. The lowest BCUT2D eigenvalue weighted by molar-refractivity contribution is -0.0142. The Labute approximate surface area is 126 Å². The molecule has 4 fully saturated rings. The molecule has 0 atom stereocenters. The lowest BCUT2D eigenvalue weighted by atomic mass is 9.54. The van der Waals surface area contributed by atoms with E-state index in [0.29, 0.717) is 0 Å². The van der Waals surface area contributed by atoms with Crippen LogP contribution in [-0.4, -0.2) is 12.3 Å². The summed E-state index contributed by atoms with van der Waals surface area (Å²) >= 11 is 1.82. The SMILES string of the molecule is CSc1ccc(CNC2C3CC4CC(C3)CC2C4)cc1. The van der Waals surface area contributed by atoms with E-state index in [1.807, 2.05) is 11.8 Å². The molecule has 1 nitrogen and oxygen atoms in total. The first-order chi connectivity index (χ1) is 9.81. The minimum Gasteiger partial charge on any atom is -0.309 e. The Morgan fingerprint density at radius 3 is 2.10 bits per heavy atom. The van der Waals surface area contributed by atoms with Crippen LogP contribution in [0.3, 0.4) is 0 Å². The molecule has 0 amide bonds. The normalized spacial score (nSPS) is 38.4. The van der Waals surface area contributed by atoms with Gasteiger partial charge in [0.1, 0.15) is 0 Å². The van der Waals surface area contributed by atoms with E-state index in [1.54, 1.807) is 6.42 Å². The van der Waals surface area contributed by atoms with Crippen molar-refractivity contribution in [3.05, 3.63) is 29.8 Å².